The number of nitrogens with zero attached hydrogens (tertiary/aromatic N) is 1. The maximum atomic E-state index is 15.4. The zero-order chi connectivity index (χ0) is 29.1. The van der Waals surface area contributed by atoms with Crippen LogP contribution in [0.2, 0.25) is 0 Å². The number of ether oxygens (including phenoxy) is 3. The molecule has 3 rings (SSSR count). The van der Waals surface area contributed by atoms with Crippen molar-refractivity contribution in [2.75, 3.05) is 33.4 Å². The number of carboxylic acids is 1. The number of halogens is 1. The number of carbonyl (C=O) groups is 3. The van der Waals surface area contributed by atoms with E-state index in [0.717, 1.165) is 0 Å². The van der Waals surface area contributed by atoms with Crippen LogP contribution in [0.4, 0.5) is 4.39 Å². The summed E-state index contributed by atoms with van der Waals surface area (Å²) in [6.45, 7) is 8.91. The van der Waals surface area contributed by atoms with Gasteiger partial charge in [-0.05, 0) is 43.0 Å². The number of amidine groups is 1. The summed E-state index contributed by atoms with van der Waals surface area (Å²) in [5.41, 5.74) is 0.780. The van der Waals surface area contributed by atoms with Gasteiger partial charge in [-0.2, -0.15) is 0 Å². The van der Waals surface area contributed by atoms with Crippen LogP contribution in [-0.2, 0) is 16.8 Å². The van der Waals surface area contributed by atoms with E-state index >= 15 is 4.39 Å². The zero-order valence-electron chi connectivity index (χ0n) is 23.0. The van der Waals surface area contributed by atoms with Gasteiger partial charge in [0, 0.05) is 17.7 Å². The molecule has 0 saturated carbocycles. The standard InChI is InChI=1S/C28H34FN3O7/c1-7-38-20-11-16-13-32(26(30)22(16)23(29)25(20)39-8-2)14-19(33)15-9-17(27(36)31-12-21(34)35)24(37-6)18(10-15)28(3,4)5/h9-11,30H,7-8,12-14H2,1-6H3,(H,31,36)(H,34,35). The quantitative estimate of drug-likeness (QED) is 0.364. The molecule has 0 fully saturated rings. The number of Topliss-reactive ketones (excluding diaryl/α,β-unsaturated/α-hetero) is 1. The minimum Gasteiger partial charge on any atom is -0.496 e. The summed E-state index contributed by atoms with van der Waals surface area (Å²) in [4.78, 5) is 38.8. The molecule has 1 aliphatic rings. The molecule has 0 saturated heterocycles. The molecule has 1 aliphatic heterocycles. The summed E-state index contributed by atoms with van der Waals surface area (Å²) in [5.74, 6) is -2.81. The molecule has 1 amide bonds. The molecule has 39 heavy (non-hydrogen) atoms. The van der Waals surface area contributed by atoms with Crippen LogP contribution in [0.3, 0.4) is 0 Å². The Balaban J connectivity index is 1.98. The number of methoxy groups -OCH3 is 1. The topological polar surface area (TPSA) is 138 Å². The molecule has 0 aromatic heterocycles. The van der Waals surface area contributed by atoms with Crippen molar-refractivity contribution in [2.24, 2.45) is 0 Å². The van der Waals surface area contributed by atoms with E-state index in [9.17, 15) is 14.4 Å². The number of ketones is 1. The monoisotopic (exact) mass is 543 g/mol. The summed E-state index contributed by atoms with van der Waals surface area (Å²) >= 11 is 0. The first-order chi connectivity index (χ1) is 18.3. The molecule has 2 aromatic carbocycles. The Hall–Kier alpha value is -4.15. The van der Waals surface area contributed by atoms with E-state index in [0.29, 0.717) is 17.7 Å². The second kappa shape index (κ2) is 11.7. The summed E-state index contributed by atoms with van der Waals surface area (Å²) in [6, 6.07) is 4.60. The smallest absolute Gasteiger partial charge is 0.322 e. The fourth-order valence-corrected chi connectivity index (χ4v) is 4.41. The number of benzene rings is 2. The number of amides is 1. The van der Waals surface area contributed by atoms with Gasteiger partial charge >= 0.3 is 5.97 Å². The predicted octanol–water partition coefficient (Wildman–Crippen LogP) is 3.77. The fraction of sp³-hybridized carbons (Fsp3) is 0.429. The first kappa shape index (κ1) is 29.4. The molecular weight excluding hydrogens is 509 g/mol. The lowest BCUT2D eigenvalue weighted by atomic mass is 9.83. The highest BCUT2D eigenvalue weighted by Crippen LogP contribution is 2.39. The highest BCUT2D eigenvalue weighted by atomic mass is 19.1. The number of carboxylic acid groups (broad SMARTS) is 1. The molecule has 210 valence electrons. The van der Waals surface area contributed by atoms with E-state index in [2.05, 4.69) is 5.32 Å². The molecule has 10 nitrogen and oxygen atoms in total. The Morgan fingerprint density at radius 2 is 1.77 bits per heavy atom. The van der Waals surface area contributed by atoms with E-state index in [4.69, 9.17) is 24.7 Å². The highest BCUT2D eigenvalue weighted by Gasteiger charge is 2.34. The van der Waals surface area contributed by atoms with E-state index in [1.807, 2.05) is 20.8 Å². The third kappa shape index (κ3) is 6.13. The van der Waals surface area contributed by atoms with E-state index in [-0.39, 0.29) is 59.5 Å². The Morgan fingerprint density at radius 1 is 1.10 bits per heavy atom. The number of fused-ring (bicyclic) bond motifs is 1. The maximum Gasteiger partial charge on any atom is 0.322 e. The molecule has 11 heteroatoms. The molecule has 0 bridgehead atoms. The van der Waals surface area contributed by atoms with Gasteiger partial charge < -0.3 is 29.5 Å². The van der Waals surface area contributed by atoms with Gasteiger partial charge in [0.1, 0.15) is 18.1 Å². The summed E-state index contributed by atoms with van der Waals surface area (Å²) < 4.78 is 31.9. The summed E-state index contributed by atoms with van der Waals surface area (Å²) in [6.07, 6.45) is 0. The Kier molecular flexibility index (Phi) is 8.83. The number of rotatable bonds is 11. The molecule has 1 heterocycles. The Labute approximate surface area is 226 Å². The molecule has 3 N–H and O–H groups in total. The van der Waals surface area contributed by atoms with Crippen molar-refractivity contribution in [3.8, 4) is 17.2 Å². The number of nitrogens with one attached hydrogen (secondary N) is 2. The molecule has 0 aliphatic carbocycles. The minimum absolute atomic E-state index is 0.0167. The van der Waals surface area contributed by atoms with Crippen molar-refractivity contribution < 1.29 is 38.1 Å². The van der Waals surface area contributed by atoms with Crippen LogP contribution in [0.5, 0.6) is 17.2 Å². The average Bonchev–Trinajstić information content (AvgIpc) is 3.18. The lowest BCUT2D eigenvalue weighted by Crippen LogP contribution is -2.32. The first-order valence-corrected chi connectivity index (χ1v) is 12.5. The van der Waals surface area contributed by atoms with Gasteiger partial charge in [0.2, 0.25) is 0 Å². The highest BCUT2D eigenvalue weighted by molar-refractivity contribution is 6.07. The Bertz CT molecular complexity index is 1320. The number of hydrogen-bond donors (Lipinski definition) is 3. The van der Waals surface area contributed by atoms with E-state index in [1.54, 1.807) is 26.0 Å². The molecule has 0 atom stereocenters. The molecule has 0 unspecified atom stereocenters. The maximum absolute atomic E-state index is 15.4. The lowest BCUT2D eigenvalue weighted by molar-refractivity contribution is -0.135. The van der Waals surface area contributed by atoms with Crippen LogP contribution in [0.15, 0.2) is 18.2 Å². The number of aliphatic carboxylic acids is 1. The van der Waals surface area contributed by atoms with Crippen LogP contribution in [0.1, 0.15) is 72.0 Å². The van der Waals surface area contributed by atoms with Gasteiger partial charge in [0.15, 0.2) is 23.1 Å². The van der Waals surface area contributed by atoms with Crippen LogP contribution in [0.25, 0.3) is 0 Å². The van der Waals surface area contributed by atoms with Crippen LogP contribution >= 0.6 is 0 Å². The van der Waals surface area contributed by atoms with Crippen LogP contribution in [0, 0.1) is 11.2 Å². The normalized spacial score (nSPS) is 12.7. The van der Waals surface area contributed by atoms with Crippen molar-refractivity contribution in [1.29, 1.82) is 5.41 Å². The third-order valence-electron chi connectivity index (χ3n) is 6.17. The molecular formula is C28H34FN3O7. The minimum atomic E-state index is -1.22. The fourth-order valence-electron chi connectivity index (χ4n) is 4.41. The summed E-state index contributed by atoms with van der Waals surface area (Å²) in [5, 5.41) is 19.9. The van der Waals surface area contributed by atoms with Crippen molar-refractivity contribution >= 4 is 23.5 Å². The molecule has 2 aromatic rings. The van der Waals surface area contributed by atoms with Gasteiger partial charge in [-0.15, -0.1) is 0 Å². The van der Waals surface area contributed by atoms with E-state index < -0.39 is 35.4 Å². The van der Waals surface area contributed by atoms with Gasteiger partial charge in [0.05, 0.1) is 38.0 Å². The third-order valence-corrected chi connectivity index (χ3v) is 6.17. The largest absolute Gasteiger partial charge is 0.496 e. The van der Waals surface area contributed by atoms with Crippen LogP contribution < -0.4 is 19.5 Å². The van der Waals surface area contributed by atoms with E-state index in [1.165, 1.54) is 18.1 Å². The van der Waals surface area contributed by atoms with Gasteiger partial charge in [0.25, 0.3) is 5.91 Å². The van der Waals surface area contributed by atoms with Crippen molar-refractivity contribution in [3.05, 3.63) is 51.8 Å². The van der Waals surface area contributed by atoms with Gasteiger partial charge in [-0.25, -0.2) is 4.39 Å². The average molecular weight is 544 g/mol. The number of carbonyl (C=O) groups excluding carboxylic acids is 2. The SMILES string of the molecule is CCOc1cc2c(c(F)c1OCC)C(=N)N(CC(=O)c1cc(C(=O)NCC(=O)O)c(OC)c(C(C)(C)C)c1)C2. The molecule has 0 spiro atoms. The second-order valence-corrected chi connectivity index (χ2v) is 9.98. The molecule has 0 radical (unpaired) electrons. The van der Waals surface area contributed by atoms with Crippen molar-refractivity contribution in [3.63, 3.8) is 0 Å². The van der Waals surface area contributed by atoms with Crippen molar-refractivity contribution in [2.45, 2.75) is 46.6 Å². The van der Waals surface area contributed by atoms with Gasteiger partial charge in [-0.3, -0.25) is 19.8 Å². The number of hydrogen-bond acceptors (Lipinski definition) is 7. The van der Waals surface area contributed by atoms with Crippen LogP contribution in [-0.4, -0.2) is 66.9 Å². The van der Waals surface area contributed by atoms with Gasteiger partial charge in [-0.1, -0.05) is 20.8 Å². The Morgan fingerprint density at radius 3 is 2.33 bits per heavy atom. The van der Waals surface area contributed by atoms with Crippen molar-refractivity contribution in [1.82, 2.24) is 10.2 Å². The first-order valence-electron chi connectivity index (χ1n) is 12.5. The second-order valence-electron chi connectivity index (χ2n) is 9.98. The lowest BCUT2D eigenvalue weighted by Gasteiger charge is -2.25. The predicted molar refractivity (Wildman–Crippen MR) is 142 cm³/mol. The summed E-state index contributed by atoms with van der Waals surface area (Å²) in [7, 11) is 1.39. The zero-order valence-corrected chi connectivity index (χ0v) is 23.0.